The van der Waals surface area contributed by atoms with Crippen LogP contribution in [0.3, 0.4) is 0 Å². The van der Waals surface area contributed by atoms with Gasteiger partial charge in [0.15, 0.2) is 0 Å². The maximum Gasteiger partial charge on any atom is 0.232 e. The molecule has 0 aliphatic rings. The van der Waals surface area contributed by atoms with Gasteiger partial charge in [-0.15, -0.1) is 0 Å². The second-order valence-electron chi connectivity index (χ2n) is 2.80. The number of anilines is 1. The van der Waals surface area contributed by atoms with Crippen LogP contribution in [-0.2, 0) is 15.4 Å². The van der Waals surface area contributed by atoms with Crippen molar-refractivity contribution >= 4 is 31.6 Å². The summed E-state index contributed by atoms with van der Waals surface area (Å²) in [6.07, 6.45) is 0. The Bertz CT molecular complexity index is 403. The van der Waals surface area contributed by atoms with Gasteiger partial charge in [0.2, 0.25) is 10.0 Å². The van der Waals surface area contributed by atoms with E-state index < -0.39 is 10.0 Å². The van der Waals surface area contributed by atoms with Crippen LogP contribution in [0.15, 0.2) is 24.3 Å². The predicted octanol–water partition coefficient (Wildman–Crippen LogP) is 2.34. The number of rotatable bonds is 4. The summed E-state index contributed by atoms with van der Waals surface area (Å²) in [7, 11) is -3.18. The highest BCUT2D eigenvalue weighted by molar-refractivity contribution is 9.08. The third kappa shape index (κ3) is 2.99. The third-order valence-corrected chi connectivity index (χ3v) is 3.70. The van der Waals surface area contributed by atoms with Crippen molar-refractivity contribution in [3.8, 4) is 0 Å². The largest absolute Gasteiger partial charge is 0.283 e. The van der Waals surface area contributed by atoms with E-state index in [2.05, 4.69) is 20.7 Å². The zero-order valence-electron chi connectivity index (χ0n) is 7.83. The number of alkyl halides is 1. The molecule has 0 unspecified atom stereocenters. The molecule has 0 saturated heterocycles. The first-order chi connectivity index (χ1) is 6.59. The summed E-state index contributed by atoms with van der Waals surface area (Å²) in [5, 5.41) is 0.634. The lowest BCUT2D eigenvalue weighted by Gasteiger charge is -2.09. The number of hydrogen-bond acceptors (Lipinski definition) is 2. The normalized spacial score (nSPS) is 11.3. The lowest BCUT2D eigenvalue weighted by molar-refractivity contribution is 0.602. The molecule has 0 amide bonds. The highest BCUT2D eigenvalue weighted by Crippen LogP contribution is 2.18. The van der Waals surface area contributed by atoms with Crippen LogP contribution in [0, 0.1) is 0 Å². The molecule has 0 spiro atoms. The number of sulfonamides is 1. The Morgan fingerprint density at radius 3 is 2.57 bits per heavy atom. The molecule has 0 fully saturated rings. The molecule has 0 heterocycles. The third-order valence-electron chi connectivity index (χ3n) is 1.81. The molecule has 0 atom stereocenters. The Labute approximate surface area is 92.7 Å². The van der Waals surface area contributed by atoms with Crippen molar-refractivity contribution in [2.75, 3.05) is 10.5 Å². The van der Waals surface area contributed by atoms with E-state index in [-0.39, 0.29) is 5.75 Å². The summed E-state index contributed by atoms with van der Waals surface area (Å²) in [6, 6.07) is 7.31. The highest BCUT2D eigenvalue weighted by atomic mass is 79.9. The topological polar surface area (TPSA) is 46.2 Å². The maximum absolute atomic E-state index is 11.3. The summed E-state index contributed by atoms with van der Waals surface area (Å²) >= 11 is 3.30. The fraction of sp³-hybridized carbons (Fsp3) is 0.333. The van der Waals surface area contributed by atoms with Crippen molar-refractivity contribution in [1.29, 1.82) is 0 Å². The van der Waals surface area contributed by atoms with Crippen LogP contribution in [0.1, 0.15) is 12.5 Å². The van der Waals surface area contributed by atoms with E-state index in [9.17, 15) is 8.42 Å². The van der Waals surface area contributed by atoms with Crippen LogP contribution >= 0.6 is 15.9 Å². The molecule has 5 heteroatoms. The molecule has 0 bridgehead atoms. The first kappa shape index (κ1) is 11.5. The molecule has 0 aliphatic carbocycles. The standard InChI is InChI=1S/C9H12BrNO2S/c1-2-14(12,13)11-9-6-4-3-5-8(9)7-10/h3-6,11H,2,7H2,1H3. The first-order valence-electron chi connectivity index (χ1n) is 4.23. The van der Waals surface area contributed by atoms with Crippen molar-refractivity contribution in [3.63, 3.8) is 0 Å². The van der Waals surface area contributed by atoms with Gasteiger partial charge in [0.05, 0.1) is 11.4 Å². The molecule has 0 saturated carbocycles. The average molecular weight is 278 g/mol. The number of nitrogens with one attached hydrogen (secondary N) is 1. The molecular formula is C9H12BrNO2S. The summed E-state index contributed by atoms with van der Waals surface area (Å²) in [5.41, 5.74) is 1.58. The summed E-state index contributed by atoms with van der Waals surface area (Å²) in [5.74, 6) is 0.0869. The average Bonchev–Trinajstić information content (AvgIpc) is 2.18. The Morgan fingerprint density at radius 2 is 2.00 bits per heavy atom. The predicted molar refractivity (Wildman–Crippen MR) is 62.2 cm³/mol. The van der Waals surface area contributed by atoms with E-state index in [0.29, 0.717) is 11.0 Å². The summed E-state index contributed by atoms with van der Waals surface area (Å²) < 4.78 is 25.2. The molecule has 1 N–H and O–H groups in total. The molecule has 1 rings (SSSR count). The van der Waals surface area contributed by atoms with Gasteiger partial charge in [0, 0.05) is 5.33 Å². The summed E-state index contributed by atoms with van der Waals surface area (Å²) in [6.45, 7) is 1.61. The Balaban J connectivity index is 2.97. The van der Waals surface area contributed by atoms with Crippen molar-refractivity contribution < 1.29 is 8.42 Å². The van der Waals surface area contributed by atoms with Gasteiger partial charge in [0.1, 0.15) is 0 Å². The molecule has 1 aromatic rings. The fourth-order valence-electron chi connectivity index (χ4n) is 0.976. The van der Waals surface area contributed by atoms with Gasteiger partial charge in [-0.3, -0.25) is 4.72 Å². The van der Waals surface area contributed by atoms with Crippen LogP contribution in [-0.4, -0.2) is 14.2 Å². The van der Waals surface area contributed by atoms with Gasteiger partial charge in [-0.05, 0) is 18.6 Å². The van der Waals surface area contributed by atoms with E-state index in [0.717, 1.165) is 5.56 Å². The van der Waals surface area contributed by atoms with E-state index >= 15 is 0 Å². The minimum Gasteiger partial charge on any atom is -0.283 e. The maximum atomic E-state index is 11.3. The van der Waals surface area contributed by atoms with Crippen molar-refractivity contribution in [2.45, 2.75) is 12.3 Å². The van der Waals surface area contributed by atoms with E-state index in [4.69, 9.17) is 0 Å². The number of para-hydroxylation sites is 1. The van der Waals surface area contributed by atoms with E-state index in [1.54, 1.807) is 19.1 Å². The van der Waals surface area contributed by atoms with Crippen LogP contribution in [0.5, 0.6) is 0 Å². The highest BCUT2D eigenvalue weighted by Gasteiger charge is 2.08. The second kappa shape index (κ2) is 4.79. The lowest BCUT2D eigenvalue weighted by atomic mass is 10.2. The van der Waals surface area contributed by atoms with Crippen LogP contribution in [0.25, 0.3) is 0 Å². The molecule has 14 heavy (non-hydrogen) atoms. The van der Waals surface area contributed by atoms with Gasteiger partial charge in [0.25, 0.3) is 0 Å². The molecule has 78 valence electrons. The van der Waals surface area contributed by atoms with Gasteiger partial charge in [-0.1, -0.05) is 34.1 Å². The van der Waals surface area contributed by atoms with Gasteiger partial charge in [-0.25, -0.2) is 8.42 Å². The SMILES string of the molecule is CCS(=O)(=O)Nc1ccccc1CBr. The quantitative estimate of drug-likeness (QED) is 0.859. The van der Waals surface area contributed by atoms with Crippen molar-refractivity contribution in [1.82, 2.24) is 0 Å². The minimum atomic E-state index is -3.18. The lowest BCUT2D eigenvalue weighted by Crippen LogP contribution is -2.15. The fourth-order valence-corrected chi connectivity index (χ4v) is 2.14. The van der Waals surface area contributed by atoms with Crippen molar-refractivity contribution in [2.24, 2.45) is 0 Å². The molecule has 1 aromatic carbocycles. The molecular weight excluding hydrogens is 266 g/mol. The van der Waals surface area contributed by atoms with E-state index in [1.165, 1.54) is 0 Å². The van der Waals surface area contributed by atoms with E-state index in [1.807, 2.05) is 12.1 Å². The minimum absolute atomic E-state index is 0.0869. The Morgan fingerprint density at radius 1 is 1.36 bits per heavy atom. The zero-order valence-corrected chi connectivity index (χ0v) is 10.2. The molecule has 0 radical (unpaired) electrons. The monoisotopic (exact) mass is 277 g/mol. The van der Waals surface area contributed by atoms with Gasteiger partial charge < -0.3 is 0 Å². The summed E-state index contributed by atoms with van der Waals surface area (Å²) in [4.78, 5) is 0. The number of benzene rings is 1. The Kier molecular flexibility index (Phi) is 3.95. The molecule has 0 aliphatic heterocycles. The van der Waals surface area contributed by atoms with Crippen LogP contribution < -0.4 is 4.72 Å². The van der Waals surface area contributed by atoms with Crippen LogP contribution in [0.2, 0.25) is 0 Å². The Hall–Kier alpha value is -0.550. The number of hydrogen-bond donors (Lipinski definition) is 1. The number of halogens is 1. The van der Waals surface area contributed by atoms with Gasteiger partial charge >= 0.3 is 0 Å². The van der Waals surface area contributed by atoms with Crippen molar-refractivity contribution in [3.05, 3.63) is 29.8 Å². The van der Waals surface area contributed by atoms with Gasteiger partial charge in [-0.2, -0.15) is 0 Å². The second-order valence-corrected chi connectivity index (χ2v) is 5.37. The molecule has 3 nitrogen and oxygen atoms in total. The first-order valence-corrected chi connectivity index (χ1v) is 7.01. The van der Waals surface area contributed by atoms with Crippen LogP contribution in [0.4, 0.5) is 5.69 Å². The molecule has 0 aromatic heterocycles. The smallest absolute Gasteiger partial charge is 0.232 e. The zero-order chi connectivity index (χ0) is 10.6.